The van der Waals surface area contributed by atoms with Gasteiger partial charge < -0.3 is 14.4 Å². The summed E-state index contributed by atoms with van der Waals surface area (Å²) in [5, 5.41) is 2.93. The molecule has 4 heterocycles. The van der Waals surface area contributed by atoms with Crippen molar-refractivity contribution in [3.05, 3.63) is 112 Å². The Hall–Kier alpha value is -3.70. The Balaban J connectivity index is 0.000000242. The standard InChI is InChI=1S/C26H25N2OS.C17H20N.Ir/c1-14(2)19-12-20(27-13-15(19)3)18-9-7-8-16-17-10-11-21-22(24(17)29-23(16)18)28-25(30-21)26(4,5)6;1-13-5-8-15(9-6-13)16-10-7-14(12-18-16)11-17(2,3)4;/h7-8,10-14H,1-6H3;5-8,10,12H,11H2,1-4H3;/q2*-1;/i3D3,14D;;. The Morgan fingerprint density at radius 3 is 2.29 bits per heavy atom. The van der Waals surface area contributed by atoms with E-state index in [9.17, 15) is 0 Å². The molecule has 0 N–H and O–H groups in total. The van der Waals surface area contributed by atoms with Crippen LogP contribution in [0.1, 0.15) is 94.0 Å². The number of aromatic nitrogens is 3. The molecule has 255 valence electrons. The number of rotatable bonds is 4. The summed E-state index contributed by atoms with van der Waals surface area (Å²) in [5.74, 6) is -1.11. The molecule has 4 nitrogen and oxygen atoms in total. The van der Waals surface area contributed by atoms with Crippen molar-refractivity contribution >= 4 is 43.5 Å². The van der Waals surface area contributed by atoms with Crippen LogP contribution in [-0.4, -0.2) is 15.0 Å². The van der Waals surface area contributed by atoms with Gasteiger partial charge in [-0.25, -0.2) is 4.98 Å². The first-order chi connectivity index (χ1) is 24.2. The molecule has 3 aromatic carbocycles. The van der Waals surface area contributed by atoms with Crippen LogP contribution < -0.4 is 0 Å². The van der Waals surface area contributed by atoms with Crippen molar-refractivity contribution in [1.29, 1.82) is 0 Å². The molecule has 0 saturated carbocycles. The van der Waals surface area contributed by atoms with Crippen LogP contribution in [0.25, 0.3) is 54.7 Å². The first-order valence-corrected chi connectivity index (χ1v) is 17.1. The Labute approximate surface area is 314 Å². The van der Waals surface area contributed by atoms with Crippen molar-refractivity contribution in [3.63, 3.8) is 0 Å². The second-order valence-corrected chi connectivity index (χ2v) is 16.0. The Bertz CT molecular complexity index is 2380. The zero-order chi connectivity index (χ0) is 37.8. The molecule has 0 atom stereocenters. The fourth-order valence-corrected chi connectivity index (χ4v) is 6.69. The SMILES string of the molecule is Cc1c[c-]c(-c2ccc(CC(C)(C)C)cn2)cc1.[2H]C([2H])([2H])c1cnc(-c2[c-]ccc3c2oc2c3ccc3sc(C(C)(C)C)nc32)cc1C([2H])(C)C.[Ir]. The van der Waals surface area contributed by atoms with Crippen LogP contribution in [0.4, 0.5) is 0 Å². The molecule has 4 aromatic heterocycles. The number of aryl methyl sites for hydroxylation is 2. The minimum Gasteiger partial charge on any atom is -0.498 e. The molecular formula is C43H45IrN3OS-2. The van der Waals surface area contributed by atoms with Crippen molar-refractivity contribution in [2.24, 2.45) is 5.41 Å². The summed E-state index contributed by atoms with van der Waals surface area (Å²) in [4.78, 5) is 13.9. The van der Waals surface area contributed by atoms with Gasteiger partial charge in [-0.1, -0.05) is 97.5 Å². The van der Waals surface area contributed by atoms with Gasteiger partial charge in [-0.3, -0.25) is 0 Å². The molecule has 0 aliphatic carbocycles. The molecule has 0 aliphatic rings. The van der Waals surface area contributed by atoms with Gasteiger partial charge in [0.25, 0.3) is 0 Å². The minimum absolute atomic E-state index is 0. The normalized spacial score (nSPS) is 13.7. The molecule has 7 rings (SSSR count). The van der Waals surface area contributed by atoms with E-state index in [0.717, 1.165) is 49.3 Å². The Kier molecular flexibility index (Phi) is 9.11. The maximum atomic E-state index is 8.53. The predicted molar refractivity (Wildman–Crippen MR) is 203 cm³/mol. The van der Waals surface area contributed by atoms with Crippen LogP contribution in [-0.2, 0) is 31.9 Å². The van der Waals surface area contributed by atoms with Crippen molar-refractivity contribution in [3.8, 4) is 22.5 Å². The molecule has 0 unspecified atom stereocenters. The quantitative estimate of drug-likeness (QED) is 0.166. The van der Waals surface area contributed by atoms with Crippen molar-refractivity contribution < 1.29 is 30.0 Å². The smallest absolute Gasteiger partial charge is 0.148 e. The fraction of sp³-hybridized carbons (Fsp3) is 0.326. The maximum absolute atomic E-state index is 8.53. The average molecular weight is 848 g/mol. The number of benzene rings is 3. The van der Waals surface area contributed by atoms with Crippen LogP contribution in [0.15, 0.2) is 77.5 Å². The van der Waals surface area contributed by atoms with Crippen LogP contribution in [0, 0.1) is 31.3 Å². The van der Waals surface area contributed by atoms with Gasteiger partial charge in [0.1, 0.15) is 11.1 Å². The fourth-order valence-electron chi connectivity index (χ4n) is 5.67. The van der Waals surface area contributed by atoms with Crippen molar-refractivity contribution in [2.75, 3.05) is 0 Å². The van der Waals surface area contributed by atoms with Crippen LogP contribution >= 0.6 is 11.3 Å². The summed E-state index contributed by atoms with van der Waals surface area (Å²) in [5.41, 5.74) is 8.66. The molecule has 0 saturated heterocycles. The van der Waals surface area contributed by atoms with Gasteiger partial charge in [0.05, 0.1) is 15.3 Å². The van der Waals surface area contributed by atoms with Gasteiger partial charge in [0.2, 0.25) is 0 Å². The van der Waals surface area contributed by atoms with E-state index in [1.807, 2.05) is 24.4 Å². The van der Waals surface area contributed by atoms with E-state index in [-0.39, 0.29) is 31.1 Å². The number of hydrogen-bond acceptors (Lipinski definition) is 5. The predicted octanol–water partition coefficient (Wildman–Crippen LogP) is 12.2. The molecule has 0 aliphatic heterocycles. The third-order valence-corrected chi connectivity index (χ3v) is 9.55. The summed E-state index contributed by atoms with van der Waals surface area (Å²) < 4.78 is 39.6. The van der Waals surface area contributed by atoms with Gasteiger partial charge in [-0.15, -0.1) is 64.9 Å². The third-order valence-electron chi connectivity index (χ3n) is 8.10. The zero-order valence-corrected chi connectivity index (χ0v) is 32.8. The molecule has 1 radical (unpaired) electrons. The van der Waals surface area contributed by atoms with Crippen LogP contribution in [0.5, 0.6) is 0 Å². The summed E-state index contributed by atoms with van der Waals surface area (Å²) in [6.07, 6.45) is 4.39. The monoisotopic (exact) mass is 848 g/mol. The molecule has 0 amide bonds. The second kappa shape index (κ2) is 14.3. The first kappa shape index (κ1) is 31.3. The van der Waals surface area contributed by atoms with Crippen LogP contribution in [0.3, 0.4) is 0 Å². The van der Waals surface area contributed by atoms with Gasteiger partial charge >= 0.3 is 0 Å². The van der Waals surface area contributed by atoms with E-state index >= 15 is 0 Å². The molecule has 6 heteroatoms. The molecule has 0 bridgehead atoms. The van der Waals surface area contributed by atoms with Gasteiger partial charge in [0, 0.05) is 48.8 Å². The van der Waals surface area contributed by atoms with Gasteiger partial charge in [-0.05, 0) is 58.7 Å². The zero-order valence-electron chi connectivity index (χ0n) is 33.6. The van der Waals surface area contributed by atoms with E-state index in [2.05, 4.69) is 107 Å². The van der Waals surface area contributed by atoms with Crippen LogP contribution in [0.2, 0.25) is 0 Å². The average Bonchev–Trinajstić information content (AvgIpc) is 3.66. The number of fused-ring (bicyclic) bond motifs is 5. The number of nitrogens with zero attached hydrogens (tertiary/aromatic N) is 3. The summed E-state index contributed by atoms with van der Waals surface area (Å²) >= 11 is 1.67. The van der Waals surface area contributed by atoms with Gasteiger partial charge in [-0.2, -0.15) is 0 Å². The van der Waals surface area contributed by atoms with E-state index in [4.69, 9.17) is 14.9 Å². The van der Waals surface area contributed by atoms with E-state index in [1.165, 1.54) is 17.3 Å². The minimum atomic E-state index is -2.35. The van der Waals surface area contributed by atoms with E-state index in [0.29, 0.717) is 27.8 Å². The number of pyridine rings is 2. The summed E-state index contributed by atoms with van der Waals surface area (Å²) in [6.45, 7) is 16.2. The Morgan fingerprint density at radius 1 is 0.898 bits per heavy atom. The number of hydrogen-bond donors (Lipinski definition) is 0. The molecular weight excluding hydrogens is 799 g/mol. The first-order valence-electron chi connectivity index (χ1n) is 18.3. The maximum Gasteiger partial charge on any atom is 0.148 e. The molecule has 49 heavy (non-hydrogen) atoms. The second-order valence-electron chi connectivity index (χ2n) is 14.9. The van der Waals surface area contributed by atoms with Crippen molar-refractivity contribution in [2.45, 2.75) is 86.9 Å². The van der Waals surface area contributed by atoms with E-state index < -0.39 is 12.7 Å². The van der Waals surface area contributed by atoms with Crippen molar-refractivity contribution in [1.82, 2.24) is 15.0 Å². The largest absolute Gasteiger partial charge is 0.498 e. The molecule has 0 fully saturated rings. The topological polar surface area (TPSA) is 51.8 Å². The van der Waals surface area contributed by atoms with E-state index in [1.54, 1.807) is 31.3 Å². The Morgan fingerprint density at radius 2 is 1.65 bits per heavy atom. The third kappa shape index (κ3) is 8.04. The molecule has 0 spiro atoms. The summed E-state index contributed by atoms with van der Waals surface area (Å²) in [7, 11) is 0. The number of furan rings is 1. The number of thiazole rings is 1. The summed E-state index contributed by atoms with van der Waals surface area (Å²) in [6, 6.07) is 26.5. The van der Waals surface area contributed by atoms with Gasteiger partial charge in [0.15, 0.2) is 0 Å². The molecule has 7 aromatic rings.